The fourth-order valence-electron chi connectivity index (χ4n) is 2.40. The van der Waals surface area contributed by atoms with Gasteiger partial charge in [0.15, 0.2) is 0 Å². The summed E-state index contributed by atoms with van der Waals surface area (Å²) in [7, 11) is 5.82. The van der Waals surface area contributed by atoms with Gasteiger partial charge >= 0.3 is 6.03 Å². The predicted octanol–water partition coefficient (Wildman–Crippen LogP) is 0.729. The lowest BCUT2D eigenvalue weighted by Gasteiger charge is -2.24. The zero-order valence-corrected chi connectivity index (χ0v) is 14.2. The Labute approximate surface area is 132 Å². The molecule has 0 aliphatic rings. The smallest absolute Gasteiger partial charge is 0.314 e. The number of aromatic nitrogens is 2. The minimum absolute atomic E-state index is 0.0781. The number of likely N-dealkylation sites (N-methyl/N-ethyl adjacent to an activating group) is 1. The number of aryl methyl sites for hydroxylation is 1. The summed E-state index contributed by atoms with van der Waals surface area (Å²) in [6, 6.07) is -0.109. The van der Waals surface area contributed by atoms with Crippen molar-refractivity contribution in [2.75, 3.05) is 27.2 Å². The summed E-state index contributed by atoms with van der Waals surface area (Å²) in [4.78, 5) is 13.9. The topological polar surface area (TPSA) is 82.4 Å². The van der Waals surface area contributed by atoms with Gasteiger partial charge in [0.25, 0.3) is 0 Å². The van der Waals surface area contributed by atoms with Gasteiger partial charge in [0.2, 0.25) is 0 Å². The quantitative estimate of drug-likeness (QED) is 0.661. The summed E-state index contributed by atoms with van der Waals surface area (Å²) in [5.74, 6) is 0.244. The molecule has 1 rings (SSSR count). The van der Waals surface area contributed by atoms with Crippen LogP contribution in [0.25, 0.3) is 0 Å². The first-order valence-corrected chi connectivity index (χ1v) is 7.64. The van der Waals surface area contributed by atoms with Gasteiger partial charge in [-0.25, -0.2) is 4.79 Å². The van der Waals surface area contributed by atoms with Crippen molar-refractivity contribution < 1.29 is 9.90 Å². The van der Waals surface area contributed by atoms with Gasteiger partial charge in [-0.1, -0.05) is 6.92 Å². The second kappa shape index (κ2) is 8.75. The Bertz CT molecular complexity index is 459. The Morgan fingerprint density at radius 2 is 2.00 bits per heavy atom. The predicted molar refractivity (Wildman–Crippen MR) is 86.5 cm³/mol. The highest BCUT2D eigenvalue weighted by molar-refractivity contribution is 5.73. The van der Waals surface area contributed by atoms with Crippen LogP contribution in [0.1, 0.15) is 31.9 Å². The fourth-order valence-corrected chi connectivity index (χ4v) is 2.40. The number of urea groups is 1. The van der Waals surface area contributed by atoms with Crippen LogP contribution >= 0.6 is 0 Å². The van der Waals surface area contributed by atoms with E-state index in [0.29, 0.717) is 19.5 Å². The molecule has 1 aromatic rings. The number of carbonyl (C=O) groups is 1. The first kappa shape index (κ1) is 18.4. The van der Waals surface area contributed by atoms with E-state index >= 15 is 0 Å². The molecule has 0 aliphatic heterocycles. The molecule has 0 bridgehead atoms. The molecule has 0 saturated carbocycles. The standard InChI is InChI=1S/C15H29N5O2/c1-11(6-12(2)21)7-16-15(22)17-9-14(19(3)4)13-8-18-20(5)10-13/h8,10-12,14,21H,6-7,9H2,1-5H3,(H2,16,17,22). The molecule has 0 saturated heterocycles. The molecule has 0 aromatic carbocycles. The van der Waals surface area contributed by atoms with Crippen molar-refractivity contribution in [3.05, 3.63) is 18.0 Å². The Kier molecular flexibility index (Phi) is 7.34. The van der Waals surface area contributed by atoms with Crippen LogP contribution in [-0.4, -0.2) is 59.1 Å². The molecule has 1 aromatic heterocycles. The van der Waals surface area contributed by atoms with E-state index in [1.54, 1.807) is 11.6 Å². The Hall–Kier alpha value is -1.60. The van der Waals surface area contributed by atoms with Gasteiger partial charge in [0.1, 0.15) is 0 Å². The fraction of sp³-hybridized carbons (Fsp3) is 0.733. The molecule has 7 heteroatoms. The number of nitrogens with zero attached hydrogens (tertiary/aromatic N) is 3. The van der Waals surface area contributed by atoms with Gasteiger partial charge in [-0.2, -0.15) is 5.10 Å². The van der Waals surface area contributed by atoms with Crippen molar-refractivity contribution in [2.24, 2.45) is 13.0 Å². The van der Waals surface area contributed by atoms with E-state index in [1.165, 1.54) is 0 Å². The maximum Gasteiger partial charge on any atom is 0.314 e. The molecule has 0 fully saturated rings. The maximum absolute atomic E-state index is 11.9. The van der Waals surface area contributed by atoms with Crippen molar-refractivity contribution in [3.63, 3.8) is 0 Å². The van der Waals surface area contributed by atoms with E-state index < -0.39 is 0 Å². The Morgan fingerprint density at radius 3 is 2.50 bits per heavy atom. The third-order valence-electron chi connectivity index (χ3n) is 3.54. The minimum atomic E-state index is -0.344. The average molecular weight is 311 g/mol. The highest BCUT2D eigenvalue weighted by Crippen LogP contribution is 2.15. The molecule has 22 heavy (non-hydrogen) atoms. The van der Waals surface area contributed by atoms with E-state index in [-0.39, 0.29) is 24.1 Å². The normalized spacial score (nSPS) is 15.4. The maximum atomic E-state index is 11.9. The minimum Gasteiger partial charge on any atom is -0.393 e. The van der Waals surface area contributed by atoms with Gasteiger partial charge in [-0.15, -0.1) is 0 Å². The van der Waals surface area contributed by atoms with Crippen LogP contribution in [0, 0.1) is 5.92 Å². The van der Waals surface area contributed by atoms with Gasteiger partial charge in [-0.3, -0.25) is 4.68 Å². The number of aliphatic hydroxyl groups excluding tert-OH is 1. The molecule has 7 nitrogen and oxygen atoms in total. The zero-order valence-electron chi connectivity index (χ0n) is 14.2. The van der Waals surface area contributed by atoms with E-state index in [0.717, 1.165) is 5.56 Å². The van der Waals surface area contributed by atoms with E-state index in [2.05, 4.69) is 15.7 Å². The van der Waals surface area contributed by atoms with Crippen LogP contribution in [0.2, 0.25) is 0 Å². The number of amides is 2. The summed E-state index contributed by atoms with van der Waals surface area (Å²) in [6.45, 7) is 4.82. The van der Waals surface area contributed by atoms with Gasteiger partial charge < -0.3 is 20.6 Å². The Balaban J connectivity index is 2.40. The molecule has 0 radical (unpaired) electrons. The first-order valence-electron chi connectivity index (χ1n) is 7.64. The molecular formula is C15H29N5O2. The summed E-state index contributed by atoms with van der Waals surface area (Å²) < 4.78 is 1.75. The third kappa shape index (κ3) is 6.44. The van der Waals surface area contributed by atoms with Crippen LogP contribution in [0.15, 0.2) is 12.4 Å². The molecule has 0 spiro atoms. The molecule has 3 unspecified atom stereocenters. The number of rotatable bonds is 8. The van der Waals surface area contributed by atoms with Crippen LogP contribution in [0.4, 0.5) is 4.79 Å². The third-order valence-corrected chi connectivity index (χ3v) is 3.54. The molecule has 2 amide bonds. The van der Waals surface area contributed by atoms with Gasteiger partial charge in [0.05, 0.1) is 18.3 Å². The van der Waals surface area contributed by atoms with Crippen molar-refractivity contribution in [2.45, 2.75) is 32.4 Å². The number of hydrogen-bond donors (Lipinski definition) is 3. The second-order valence-corrected chi connectivity index (χ2v) is 6.21. The first-order chi connectivity index (χ1) is 10.3. The van der Waals surface area contributed by atoms with E-state index in [1.807, 2.05) is 45.4 Å². The number of hydrogen-bond acceptors (Lipinski definition) is 4. The monoisotopic (exact) mass is 311 g/mol. The SMILES string of the molecule is CC(O)CC(C)CNC(=O)NCC(c1cnn(C)c1)N(C)C. The summed E-state index contributed by atoms with van der Waals surface area (Å²) in [5.41, 5.74) is 1.07. The Morgan fingerprint density at radius 1 is 1.36 bits per heavy atom. The second-order valence-electron chi connectivity index (χ2n) is 6.21. The molecule has 3 atom stereocenters. The van der Waals surface area contributed by atoms with Crippen LogP contribution in [0.5, 0.6) is 0 Å². The summed E-state index contributed by atoms with van der Waals surface area (Å²) in [6.07, 6.45) is 4.10. The van der Waals surface area contributed by atoms with E-state index in [9.17, 15) is 9.90 Å². The molecule has 0 aliphatic carbocycles. The lowest BCUT2D eigenvalue weighted by molar-refractivity contribution is 0.163. The van der Waals surface area contributed by atoms with Gasteiger partial charge in [-0.05, 0) is 33.4 Å². The lowest BCUT2D eigenvalue weighted by atomic mass is 10.1. The lowest BCUT2D eigenvalue weighted by Crippen LogP contribution is -2.42. The average Bonchev–Trinajstić information content (AvgIpc) is 2.82. The van der Waals surface area contributed by atoms with E-state index in [4.69, 9.17) is 0 Å². The molecule has 3 N–H and O–H groups in total. The van der Waals surface area contributed by atoms with Crippen molar-refractivity contribution in [1.29, 1.82) is 0 Å². The van der Waals surface area contributed by atoms with Crippen molar-refractivity contribution in [1.82, 2.24) is 25.3 Å². The van der Waals surface area contributed by atoms with Crippen molar-refractivity contribution >= 4 is 6.03 Å². The highest BCUT2D eigenvalue weighted by Gasteiger charge is 2.17. The summed E-state index contributed by atoms with van der Waals surface area (Å²) in [5, 5.41) is 19.2. The molecule has 1 heterocycles. The largest absolute Gasteiger partial charge is 0.393 e. The highest BCUT2D eigenvalue weighted by atomic mass is 16.3. The molecular weight excluding hydrogens is 282 g/mol. The number of aliphatic hydroxyl groups is 1. The van der Waals surface area contributed by atoms with Gasteiger partial charge in [0, 0.05) is 31.9 Å². The molecule has 126 valence electrons. The van der Waals surface area contributed by atoms with Crippen molar-refractivity contribution in [3.8, 4) is 0 Å². The van der Waals surface area contributed by atoms with Crippen LogP contribution in [0.3, 0.4) is 0 Å². The zero-order chi connectivity index (χ0) is 16.7. The number of nitrogens with one attached hydrogen (secondary N) is 2. The van der Waals surface area contributed by atoms with Crippen LogP contribution < -0.4 is 10.6 Å². The summed E-state index contributed by atoms with van der Waals surface area (Å²) >= 11 is 0. The number of carbonyl (C=O) groups excluding carboxylic acids is 1. The van der Waals surface area contributed by atoms with Crippen LogP contribution in [-0.2, 0) is 7.05 Å².